The van der Waals surface area contributed by atoms with Crippen molar-refractivity contribution in [2.24, 2.45) is 7.05 Å². The molecule has 0 spiro atoms. The number of nitrogens with zero attached hydrogens (tertiary/aromatic N) is 4. The second-order valence-corrected chi connectivity index (χ2v) is 7.21. The number of carbonyl (C=O) groups is 1. The number of amides is 1. The van der Waals surface area contributed by atoms with Gasteiger partial charge in [0.2, 0.25) is 0 Å². The fourth-order valence-electron chi connectivity index (χ4n) is 4.01. The molecule has 28 heavy (non-hydrogen) atoms. The van der Waals surface area contributed by atoms with Gasteiger partial charge < -0.3 is 19.7 Å². The third kappa shape index (κ3) is 4.62. The third-order valence-corrected chi connectivity index (χ3v) is 5.50. The van der Waals surface area contributed by atoms with Crippen LogP contribution in [0.5, 0.6) is 0 Å². The normalized spacial score (nSPS) is 19.5. The maximum absolute atomic E-state index is 13.2. The Bertz CT molecular complexity index is 758. The van der Waals surface area contributed by atoms with E-state index in [1.54, 1.807) is 6.20 Å². The molecule has 1 aromatic carbocycles. The number of carbonyl (C=O) groups excluding carboxylic acids is 1. The van der Waals surface area contributed by atoms with Gasteiger partial charge in [-0.3, -0.25) is 4.79 Å². The summed E-state index contributed by atoms with van der Waals surface area (Å²) in [7, 11) is 1.98. The second kappa shape index (κ2) is 10.1. The lowest BCUT2D eigenvalue weighted by atomic mass is 10.1. The van der Waals surface area contributed by atoms with Crippen molar-refractivity contribution in [2.45, 2.75) is 25.3 Å². The molecule has 154 valence electrons. The summed E-state index contributed by atoms with van der Waals surface area (Å²) in [4.78, 5) is 22.0. The number of benzene rings is 1. The van der Waals surface area contributed by atoms with Crippen LogP contribution in [0, 0.1) is 0 Å². The number of aromatic nitrogens is 2. The molecule has 1 aromatic heterocycles. The Labute approximate surface area is 179 Å². The van der Waals surface area contributed by atoms with Crippen LogP contribution in [0.1, 0.15) is 41.5 Å². The van der Waals surface area contributed by atoms with Gasteiger partial charge in [0.1, 0.15) is 11.9 Å². The molecular weight excluding hydrogens is 397 g/mol. The van der Waals surface area contributed by atoms with Crippen molar-refractivity contribution >= 4 is 36.4 Å². The maximum atomic E-state index is 13.2. The number of hydrogen-bond donors (Lipinski definition) is 1. The fraction of sp³-hybridized carbons (Fsp3) is 0.500. The summed E-state index contributed by atoms with van der Waals surface area (Å²) >= 11 is 0. The smallest absolute Gasteiger partial charge is 0.254 e. The van der Waals surface area contributed by atoms with Crippen molar-refractivity contribution in [3.63, 3.8) is 0 Å². The predicted molar refractivity (Wildman–Crippen MR) is 117 cm³/mol. The van der Waals surface area contributed by atoms with Crippen LogP contribution in [0.2, 0.25) is 0 Å². The van der Waals surface area contributed by atoms with Gasteiger partial charge in [-0.2, -0.15) is 0 Å². The number of halogens is 2. The topological polar surface area (TPSA) is 53.4 Å². The zero-order valence-electron chi connectivity index (χ0n) is 16.2. The fourth-order valence-corrected chi connectivity index (χ4v) is 4.01. The molecule has 2 aliphatic rings. The van der Waals surface area contributed by atoms with Gasteiger partial charge in [-0.25, -0.2) is 4.98 Å². The molecule has 2 saturated heterocycles. The number of rotatable bonds is 3. The molecule has 3 heterocycles. The lowest BCUT2D eigenvalue weighted by Crippen LogP contribution is -2.49. The summed E-state index contributed by atoms with van der Waals surface area (Å²) in [5.41, 5.74) is 1.98. The number of nitrogens with one attached hydrogen (secondary N) is 1. The monoisotopic (exact) mass is 425 g/mol. The van der Waals surface area contributed by atoms with Crippen molar-refractivity contribution in [3.05, 3.63) is 48.0 Å². The lowest BCUT2D eigenvalue weighted by Gasteiger charge is -2.36. The maximum Gasteiger partial charge on any atom is 0.254 e. The molecule has 1 atom stereocenters. The standard InChI is InChI=1S/C20H27N5O.2ClH/c1-23-13-10-22-19(23)18-15-21-9-14-25(18)20(26)16-5-7-17(8-6-16)24-11-3-2-4-12-24;;/h5-8,10,13,18,21H,2-4,9,11-12,14-15H2,1H3;2*1H. The molecular formula is C20H29Cl2N5O. The highest BCUT2D eigenvalue weighted by atomic mass is 35.5. The first-order valence-electron chi connectivity index (χ1n) is 9.58. The molecule has 0 bridgehead atoms. The summed E-state index contributed by atoms with van der Waals surface area (Å²) in [6.07, 6.45) is 7.56. The molecule has 8 heteroatoms. The van der Waals surface area contributed by atoms with Gasteiger partial charge in [-0.15, -0.1) is 24.8 Å². The van der Waals surface area contributed by atoms with Gasteiger partial charge in [0.25, 0.3) is 5.91 Å². The molecule has 1 N–H and O–H groups in total. The van der Waals surface area contributed by atoms with Crippen molar-refractivity contribution in [1.29, 1.82) is 0 Å². The Morgan fingerprint density at radius 2 is 1.79 bits per heavy atom. The van der Waals surface area contributed by atoms with E-state index in [9.17, 15) is 4.79 Å². The van der Waals surface area contributed by atoms with Gasteiger partial charge in [0, 0.05) is 63.4 Å². The third-order valence-electron chi connectivity index (χ3n) is 5.50. The van der Waals surface area contributed by atoms with Crippen LogP contribution >= 0.6 is 24.8 Å². The highest BCUT2D eigenvalue weighted by molar-refractivity contribution is 5.95. The minimum atomic E-state index is -0.0296. The molecule has 0 saturated carbocycles. The quantitative estimate of drug-likeness (QED) is 0.820. The molecule has 4 rings (SSSR count). The number of aryl methyl sites for hydroxylation is 1. The molecule has 0 radical (unpaired) electrons. The number of piperazine rings is 1. The Morgan fingerprint density at radius 3 is 2.43 bits per heavy atom. The number of anilines is 1. The van der Waals surface area contributed by atoms with E-state index in [1.165, 1.54) is 24.9 Å². The van der Waals surface area contributed by atoms with E-state index < -0.39 is 0 Å². The van der Waals surface area contributed by atoms with Crippen LogP contribution in [0.3, 0.4) is 0 Å². The van der Waals surface area contributed by atoms with Gasteiger partial charge >= 0.3 is 0 Å². The Kier molecular flexibility index (Phi) is 8.16. The molecule has 1 unspecified atom stereocenters. The summed E-state index contributed by atoms with van der Waals surface area (Å²) in [6, 6.07) is 8.11. The number of piperidine rings is 1. The molecule has 1 amide bonds. The van der Waals surface area contributed by atoms with Gasteiger partial charge in [-0.1, -0.05) is 0 Å². The highest BCUT2D eigenvalue weighted by Crippen LogP contribution is 2.25. The SMILES string of the molecule is Cl.Cl.Cn1ccnc1C1CNCCN1C(=O)c1ccc(N2CCCCC2)cc1. The van der Waals surface area contributed by atoms with Gasteiger partial charge in [-0.05, 0) is 43.5 Å². The first kappa shape index (κ1) is 22.5. The average molecular weight is 426 g/mol. The van der Waals surface area contributed by atoms with Crippen LogP contribution in [-0.4, -0.2) is 53.1 Å². The summed E-state index contributed by atoms with van der Waals surface area (Å²) < 4.78 is 2.00. The zero-order valence-corrected chi connectivity index (χ0v) is 17.8. The van der Waals surface area contributed by atoms with Gasteiger partial charge in [0.15, 0.2) is 0 Å². The zero-order chi connectivity index (χ0) is 17.9. The summed E-state index contributed by atoms with van der Waals surface area (Å²) in [5, 5.41) is 3.38. The molecule has 2 aromatic rings. The first-order valence-corrected chi connectivity index (χ1v) is 9.58. The molecule has 6 nitrogen and oxygen atoms in total. The second-order valence-electron chi connectivity index (χ2n) is 7.21. The lowest BCUT2D eigenvalue weighted by molar-refractivity contribution is 0.0621. The summed E-state index contributed by atoms with van der Waals surface area (Å²) in [5.74, 6) is 1.01. The van der Waals surface area contributed by atoms with E-state index in [0.29, 0.717) is 6.54 Å². The Hall–Kier alpha value is -1.76. The van der Waals surface area contributed by atoms with E-state index >= 15 is 0 Å². The van der Waals surface area contributed by atoms with Crippen molar-refractivity contribution in [3.8, 4) is 0 Å². The number of imidazole rings is 1. The molecule has 2 aliphatic heterocycles. The molecule has 2 fully saturated rings. The summed E-state index contributed by atoms with van der Waals surface area (Å²) in [6.45, 7) is 4.49. The van der Waals surface area contributed by atoms with Crippen molar-refractivity contribution in [1.82, 2.24) is 19.8 Å². The Balaban J connectivity index is 0.00000140. The number of hydrogen-bond acceptors (Lipinski definition) is 4. The van der Waals surface area contributed by atoms with Crippen LogP contribution < -0.4 is 10.2 Å². The van der Waals surface area contributed by atoms with Crippen LogP contribution in [0.25, 0.3) is 0 Å². The predicted octanol–water partition coefficient (Wildman–Crippen LogP) is 3.04. The first-order chi connectivity index (χ1) is 12.7. The Morgan fingerprint density at radius 1 is 1.07 bits per heavy atom. The van der Waals surface area contributed by atoms with E-state index in [2.05, 4.69) is 27.3 Å². The minimum absolute atomic E-state index is 0. The van der Waals surface area contributed by atoms with Crippen LogP contribution in [0.4, 0.5) is 5.69 Å². The van der Waals surface area contributed by atoms with E-state index in [4.69, 9.17) is 0 Å². The van der Waals surface area contributed by atoms with Crippen LogP contribution in [-0.2, 0) is 7.05 Å². The van der Waals surface area contributed by atoms with E-state index in [-0.39, 0.29) is 36.8 Å². The van der Waals surface area contributed by atoms with Gasteiger partial charge in [0.05, 0.1) is 0 Å². The van der Waals surface area contributed by atoms with Crippen molar-refractivity contribution < 1.29 is 4.79 Å². The van der Waals surface area contributed by atoms with Crippen LogP contribution in [0.15, 0.2) is 36.7 Å². The minimum Gasteiger partial charge on any atom is -0.372 e. The largest absolute Gasteiger partial charge is 0.372 e. The van der Waals surface area contributed by atoms with E-state index in [1.807, 2.05) is 34.8 Å². The highest BCUT2D eigenvalue weighted by Gasteiger charge is 2.31. The van der Waals surface area contributed by atoms with E-state index in [0.717, 1.165) is 37.6 Å². The van der Waals surface area contributed by atoms with Crippen molar-refractivity contribution in [2.75, 3.05) is 37.6 Å². The molecule has 0 aliphatic carbocycles. The average Bonchev–Trinajstić information content (AvgIpc) is 3.14.